The second-order valence-electron chi connectivity index (χ2n) is 6.12. The van der Waals surface area contributed by atoms with Gasteiger partial charge < -0.3 is 0 Å². The summed E-state index contributed by atoms with van der Waals surface area (Å²) in [5.41, 5.74) is 5.43. The van der Waals surface area contributed by atoms with Crippen LogP contribution in [0.15, 0.2) is 58.5 Å². The molecule has 27 heavy (non-hydrogen) atoms. The highest BCUT2D eigenvalue weighted by Gasteiger charge is 2.22. The van der Waals surface area contributed by atoms with Gasteiger partial charge in [0.1, 0.15) is 0 Å². The van der Waals surface area contributed by atoms with Crippen LogP contribution in [-0.2, 0) is 10.0 Å². The Morgan fingerprint density at radius 3 is 2.26 bits per heavy atom. The second kappa shape index (κ2) is 8.92. The summed E-state index contributed by atoms with van der Waals surface area (Å²) in [6.45, 7) is 8.09. The minimum absolute atomic E-state index is 0.0955. The van der Waals surface area contributed by atoms with Gasteiger partial charge in [0, 0.05) is 18.7 Å². The first-order chi connectivity index (χ1) is 12.8. The second-order valence-corrected chi connectivity index (χ2v) is 8.06. The van der Waals surface area contributed by atoms with Gasteiger partial charge in [-0.2, -0.15) is 9.41 Å². The molecule has 1 amide bonds. The average molecular weight is 388 g/mol. The zero-order valence-electron chi connectivity index (χ0n) is 16.1. The number of nitrogens with zero attached hydrogens (tertiary/aromatic N) is 2. The number of aryl methyl sites for hydroxylation is 1. The number of sulfonamides is 1. The molecule has 0 unspecified atom stereocenters. The summed E-state index contributed by atoms with van der Waals surface area (Å²) < 4.78 is 26.6. The molecule has 0 saturated heterocycles. The number of nitrogens with one attached hydrogen (secondary N) is 1. The highest BCUT2D eigenvalue weighted by atomic mass is 32.2. The number of hydrazone groups is 1. The number of hydrogen-bond acceptors (Lipinski definition) is 4. The Kier molecular flexibility index (Phi) is 6.87. The van der Waals surface area contributed by atoms with Gasteiger partial charge >= 0.3 is 0 Å². The number of benzene rings is 2. The Bertz CT molecular complexity index is 931. The Labute approximate surface area is 161 Å². The number of rotatable bonds is 7. The molecule has 0 bridgehead atoms. The summed E-state index contributed by atoms with van der Waals surface area (Å²) in [5, 5.41) is 4.12. The highest BCUT2D eigenvalue weighted by Crippen LogP contribution is 2.17. The van der Waals surface area contributed by atoms with Gasteiger partial charge in [0.05, 0.1) is 10.6 Å². The molecule has 0 spiro atoms. The lowest BCUT2D eigenvalue weighted by molar-refractivity contribution is 0.0954. The summed E-state index contributed by atoms with van der Waals surface area (Å²) in [7, 11) is -3.62. The molecule has 2 rings (SSSR count). The zero-order valence-corrected chi connectivity index (χ0v) is 16.9. The van der Waals surface area contributed by atoms with Gasteiger partial charge in [-0.15, -0.1) is 0 Å². The van der Waals surface area contributed by atoms with E-state index < -0.39 is 15.9 Å². The summed E-state index contributed by atoms with van der Waals surface area (Å²) in [6.07, 6.45) is 0. The molecule has 0 aliphatic rings. The fourth-order valence-corrected chi connectivity index (χ4v) is 4.07. The Morgan fingerprint density at radius 2 is 1.67 bits per heavy atom. The normalized spacial score (nSPS) is 12.3. The lowest BCUT2D eigenvalue weighted by atomic mass is 10.1. The molecule has 1 N–H and O–H groups in total. The number of amides is 1. The largest absolute Gasteiger partial charge is 0.271 e. The maximum absolute atomic E-state index is 12.6. The molecule has 0 radical (unpaired) electrons. The molecule has 0 fully saturated rings. The molecular weight excluding hydrogens is 362 g/mol. The smallest absolute Gasteiger partial charge is 0.267 e. The quantitative estimate of drug-likeness (QED) is 0.585. The van der Waals surface area contributed by atoms with Crippen LogP contribution >= 0.6 is 0 Å². The molecule has 0 aliphatic carbocycles. The van der Waals surface area contributed by atoms with Crippen molar-refractivity contribution in [2.45, 2.75) is 32.6 Å². The molecule has 6 nitrogen and oxygen atoms in total. The van der Waals surface area contributed by atoms with E-state index in [4.69, 9.17) is 0 Å². The molecule has 7 heteroatoms. The van der Waals surface area contributed by atoms with Crippen LogP contribution in [0.1, 0.15) is 42.3 Å². The van der Waals surface area contributed by atoms with E-state index in [-0.39, 0.29) is 10.5 Å². The monoisotopic (exact) mass is 387 g/mol. The van der Waals surface area contributed by atoms with Crippen LogP contribution in [-0.4, -0.2) is 37.4 Å². The van der Waals surface area contributed by atoms with E-state index >= 15 is 0 Å². The predicted octanol–water partition coefficient (Wildman–Crippen LogP) is 3.18. The third-order valence-corrected chi connectivity index (χ3v) is 6.28. The van der Waals surface area contributed by atoms with E-state index in [2.05, 4.69) is 10.5 Å². The molecule has 0 aliphatic heterocycles. The number of carbonyl (C=O) groups excluding carboxylic acids is 1. The van der Waals surface area contributed by atoms with E-state index in [0.717, 1.165) is 11.1 Å². The standard InChI is InChI=1S/C20H25N3O3S/c1-5-23(6-2)27(25,26)19-9-7-8-18(14-19)20(24)22-21-16(4)17-12-10-15(3)11-13-17/h7-14H,5-6H2,1-4H3,(H,22,24). The average Bonchev–Trinajstić information content (AvgIpc) is 2.67. The van der Waals surface area contributed by atoms with E-state index in [1.165, 1.54) is 16.4 Å². The predicted molar refractivity (Wildman–Crippen MR) is 107 cm³/mol. The SMILES string of the molecule is CCN(CC)S(=O)(=O)c1cccc(C(=O)NN=C(C)c2ccc(C)cc2)c1. The fraction of sp³-hybridized carbons (Fsp3) is 0.300. The summed E-state index contributed by atoms with van der Waals surface area (Å²) in [4.78, 5) is 12.5. The van der Waals surface area contributed by atoms with Crippen LogP contribution in [0.2, 0.25) is 0 Å². The number of hydrogen-bond donors (Lipinski definition) is 1. The van der Waals surface area contributed by atoms with Gasteiger partial charge in [0.2, 0.25) is 10.0 Å². The van der Waals surface area contributed by atoms with E-state index in [0.29, 0.717) is 18.8 Å². The van der Waals surface area contributed by atoms with E-state index in [1.54, 1.807) is 32.9 Å². The Hall–Kier alpha value is -2.51. The van der Waals surface area contributed by atoms with Crippen molar-refractivity contribution in [3.63, 3.8) is 0 Å². The third-order valence-electron chi connectivity index (χ3n) is 4.23. The topological polar surface area (TPSA) is 78.8 Å². The van der Waals surface area contributed by atoms with Crippen molar-refractivity contribution in [1.29, 1.82) is 0 Å². The Balaban J connectivity index is 2.20. The summed E-state index contributed by atoms with van der Waals surface area (Å²) in [6, 6.07) is 13.8. The molecular formula is C20H25N3O3S. The molecule has 0 heterocycles. The van der Waals surface area contributed by atoms with Crippen LogP contribution < -0.4 is 5.43 Å². The van der Waals surface area contributed by atoms with Crippen molar-refractivity contribution in [2.75, 3.05) is 13.1 Å². The van der Waals surface area contributed by atoms with E-state index in [1.807, 2.05) is 31.2 Å². The molecule has 2 aromatic rings. The summed E-state index contributed by atoms with van der Waals surface area (Å²) >= 11 is 0. The molecule has 0 saturated carbocycles. The lowest BCUT2D eigenvalue weighted by Gasteiger charge is -2.18. The molecule has 0 aromatic heterocycles. The molecule has 144 valence electrons. The maximum Gasteiger partial charge on any atom is 0.271 e. The van der Waals surface area contributed by atoms with Crippen molar-refractivity contribution in [3.05, 3.63) is 65.2 Å². The Morgan fingerprint density at radius 1 is 1.04 bits per heavy atom. The number of carbonyl (C=O) groups is 1. The fourth-order valence-electron chi connectivity index (χ4n) is 2.57. The minimum Gasteiger partial charge on any atom is -0.267 e. The third kappa shape index (κ3) is 5.02. The maximum atomic E-state index is 12.6. The van der Waals surface area contributed by atoms with E-state index in [9.17, 15) is 13.2 Å². The van der Waals surface area contributed by atoms with Crippen molar-refractivity contribution in [1.82, 2.24) is 9.73 Å². The van der Waals surface area contributed by atoms with Crippen molar-refractivity contribution >= 4 is 21.6 Å². The molecule has 2 aromatic carbocycles. The lowest BCUT2D eigenvalue weighted by Crippen LogP contribution is -2.30. The summed E-state index contributed by atoms with van der Waals surface area (Å²) in [5.74, 6) is -0.460. The van der Waals surface area contributed by atoms with Gasteiger partial charge in [0.25, 0.3) is 5.91 Å². The first-order valence-corrected chi connectivity index (χ1v) is 10.3. The zero-order chi connectivity index (χ0) is 20.0. The van der Waals surface area contributed by atoms with Gasteiger partial charge in [0.15, 0.2) is 0 Å². The van der Waals surface area contributed by atoms with Crippen LogP contribution in [0.4, 0.5) is 0 Å². The van der Waals surface area contributed by atoms with Crippen molar-refractivity contribution < 1.29 is 13.2 Å². The van der Waals surface area contributed by atoms with Crippen molar-refractivity contribution in [2.24, 2.45) is 5.10 Å². The van der Waals surface area contributed by atoms with Gasteiger partial charge in [-0.05, 0) is 37.6 Å². The first kappa shape index (κ1) is 20.8. The highest BCUT2D eigenvalue weighted by molar-refractivity contribution is 7.89. The van der Waals surface area contributed by atoms with Crippen LogP contribution in [0, 0.1) is 6.92 Å². The van der Waals surface area contributed by atoms with Gasteiger partial charge in [-0.3, -0.25) is 4.79 Å². The van der Waals surface area contributed by atoms with Gasteiger partial charge in [-0.25, -0.2) is 13.8 Å². The van der Waals surface area contributed by atoms with Gasteiger partial charge in [-0.1, -0.05) is 49.7 Å². The first-order valence-electron chi connectivity index (χ1n) is 8.81. The molecule has 0 atom stereocenters. The van der Waals surface area contributed by atoms with Crippen LogP contribution in [0.25, 0.3) is 0 Å². The van der Waals surface area contributed by atoms with Crippen LogP contribution in [0.5, 0.6) is 0 Å². The van der Waals surface area contributed by atoms with Crippen LogP contribution in [0.3, 0.4) is 0 Å². The van der Waals surface area contributed by atoms with Crippen molar-refractivity contribution in [3.8, 4) is 0 Å². The minimum atomic E-state index is -3.62.